The van der Waals surface area contributed by atoms with Crippen molar-refractivity contribution in [2.24, 2.45) is 0 Å². The number of hydrogen-bond acceptors (Lipinski definition) is 5. The second kappa shape index (κ2) is 7.73. The lowest BCUT2D eigenvalue weighted by Gasteiger charge is -2.09. The van der Waals surface area contributed by atoms with E-state index in [0.717, 1.165) is 5.56 Å². The van der Waals surface area contributed by atoms with E-state index in [1.807, 2.05) is 37.3 Å². The predicted octanol–water partition coefficient (Wildman–Crippen LogP) is 5.06. The second-order valence-corrected chi connectivity index (χ2v) is 7.44. The molecule has 5 rings (SSSR count). The van der Waals surface area contributed by atoms with E-state index >= 15 is 0 Å². The average Bonchev–Trinajstić information content (AvgIpc) is 3.45. The fourth-order valence-electron chi connectivity index (χ4n) is 3.37. The smallest absolute Gasteiger partial charge is 0.274 e. The molecule has 1 amide bonds. The Bertz CT molecular complexity index is 1470. The zero-order valence-corrected chi connectivity index (χ0v) is 17.3. The molecular weight excluding hydrogens is 409 g/mol. The molecular formula is C24H18FN5O2. The van der Waals surface area contributed by atoms with Crippen LogP contribution in [-0.4, -0.2) is 25.4 Å². The Morgan fingerprint density at radius 1 is 1.03 bits per heavy atom. The van der Waals surface area contributed by atoms with Crippen LogP contribution in [0.4, 0.5) is 10.1 Å². The Morgan fingerprint density at radius 2 is 1.84 bits per heavy atom. The van der Waals surface area contributed by atoms with Crippen molar-refractivity contribution in [2.75, 3.05) is 5.32 Å². The van der Waals surface area contributed by atoms with Crippen LogP contribution >= 0.6 is 0 Å². The standard InChI is InChI=1S/C24H18FN5O2/c1-14-6-8-16(11-18(14)25)22-28-24(32-29-22)17-9-7-15(2)19(12-17)27-23(31)20-13-26-21-5-3-4-10-30(20)21/h3-13H,1-2H3,(H,27,31). The van der Waals surface area contributed by atoms with E-state index in [4.69, 9.17) is 4.52 Å². The van der Waals surface area contributed by atoms with E-state index in [-0.39, 0.29) is 23.4 Å². The molecule has 0 saturated heterocycles. The number of imidazole rings is 1. The van der Waals surface area contributed by atoms with Crippen LogP contribution in [0.1, 0.15) is 21.6 Å². The first-order valence-electron chi connectivity index (χ1n) is 9.94. The minimum Gasteiger partial charge on any atom is -0.334 e. The van der Waals surface area contributed by atoms with Crippen molar-refractivity contribution in [3.05, 3.63) is 89.6 Å². The van der Waals surface area contributed by atoms with Crippen LogP contribution in [0, 0.1) is 19.7 Å². The number of aryl methyl sites for hydroxylation is 2. The summed E-state index contributed by atoms with van der Waals surface area (Å²) >= 11 is 0. The quantitative estimate of drug-likeness (QED) is 0.433. The molecule has 3 heterocycles. The number of pyridine rings is 1. The van der Waals surface area contributed by atoms with Gasteiger partial charge in [-0.05, 0) is 55.3 Å². The molecule has 0 radical (unpaired) electrons. The van der Waals surface area contributed by atoms with Gasteiger partial charge in [-0.25, -0.2) is 9.37 Å². The van der Waals surface area contributed by atoms with Crippen molar-refractivity contribution in [3.8, 4) is 22.8 Å². The minimum atomic E-state index is -0.332. The summed E-state index contributed by atoms with van der Waals surface area (Å²) in [5.74, 6) is -0.0612. The van der Waals surface area contributed by atoms with Gasteiger partial charge in [-0.15, -0.1) is 0 Å². The summed E-state index contributed by atoms with van der Waals surface area (Å²) in [7, 11) is 0. The topological polar surface area (TPSA) is 85.3 Å². The normalized spacial score (nSPS) is 11.1. The Kier molecular flexibility index (Phi) is 4.74. The molecule has 0 aliphatic rings. The Balaban J connectivity index is 1.43. The molecule has 0 unspecified atom stereocenters. The van der Waals surface area contributed by atoms with Crippen LogP contribution in [0.25, 0.3) is 28.5 Å². The third-order valence-electron chi connectivity index (χ3n) is 5.24. The number of halogens is 1. The van der Waals surface area contributed by atoms with Gasteiger partial charge in [0.1, 0.15) is 17.2 Å². The zero-order chi connectivity index (χ0) is 22.2. The van der Waals surface area contributed by atoms with Gasteiger partial charge in [-0.2, -0.15) is 4.98 Å². The molecule has 0 spiro atoms. The fourth-order valence-corrected chi connectivity index (χ4v) is 3.37. The molecule has 8 heteroatoms. The first kappa shape index (κ1) is 19.6. The maximum absolute atomic E-state index is 13.9. The summed E-state index contributed by atoms with van der Waals surface area (Å²) in [6, 6.07) is 15.8. The van der Waals surface area contributed by atoms with Crippen LogP contribution in [-0.2, 0) is 0 Å². The number of carbonyl (C=O) groups excluding carboxylic acids is 1. The summed E-state index contributed by atoms with van der Waals surface area (Å²) in [6.07, 6.45) is 3.32. The summed E-state index contributed by atoms with van der Waals surface area (Å²) in [6.45, 7) is 3.58. The lowest BCUT2D eigenvalue weighted by atomic mass is 10.1. The zero-order valence-electron chi connectivity index (χ0n) is 17.3. The van der Waals surface area contributed by atoms with Gasteiger partial charge in [0, 0.05) is 23.0 Å². The first-order chi connectivity index (χ1) is 15.5. The maximum Gasteiger partial charge on any atom is 0.274 e. The van der Waals surface area contributed by atoms with Crippen LogP contribution in [0.3, 0.4) is 0 Å². The van der Waals surface area contributed by atoms with E-state index in [1.165, 1.54) is 12.3 Å². The number of nitrogens with zero attached hydrogens (tertiary/aromatic N) is 4. The molecule has 0 aliphatic carbocycles. The van der Waals surface area contributed by atoms with Crippen molar-refractivity contribution >= 4 is 17.2 Å². The minimum absolute atomic E-state index is 0.270. The highest BCUT2D eigenvalue weighted by Crippen LogP contribution is 2.27. The molecule has 5 aromatic rings. The second-order valence-electron chi connectivity index (χ2n) is 7.44. The molecule has 3 aromatic heterocycles. The van der Waals surface area contributed by atoms with Crippen molar-refractivity contribution in [3.63, 3.8) is 0 Å². The number of rotatable bonds is 4. The first-order valence-corrected chi connectivity index (χ1v) is 9.94. The van der Waals surface area contributed by atoms with Gasteiger partial charge in [0.05, 0.1) is 6.20 Å². The van der Waals surface area contributed by atoms with Crippen LogP contribution in [0.2, 0.25) is 0 Å². The third kappa shape index (κ3) is 3.51. The Labute approximate surface area is 182 Å². The van der Waals surface area contributed by atoms with Crippen molar-refractivity contribution in [1.29, 1.82) is 0 Å². The van der Waals surface area contributed by atoms with Crippen LogP contribution < -0.4 is 5.32 Å². The molecule has 2 aromatic carbocycles. The molecule has 0 saturated carbocycles. The van der Waals surface area contributed by atoms with Crippen molar-refractivity contribution < 1.29 is 13.7 Å². The lowest BCUT2D eigenvalue weighted by Crippen LogP contribution is -2.15. The van der Waals surface area contributed by atoms with Crippen LogP contribution in [0.5, 0.6) is 0 Å². The lowest BCUT2D eigenvalue weighted by molar-refractivity contribution is 0.102. The number of benzene rings is 2. The fraction of sp³-hybridized carbons (Fsp3) is 0.0833. The molecule has 0 atom stereocenters. The molecule has 158 valence electrons. The van der Waals surface area contributed by atoms with Crippen molar-refractivity contribution in [1.82, 2.24) is 19.5 Å². The number of amides is 1. The number of anilines is 1. The van der Waals surface area contributed by atoms with E-state index in [0.29, 0.717) is 33.7 Å². The van der Waals surface area contributed by atoms with Gasteiger partial charge >= 0.3 is 0 Å². The highest BCUT2D eigenvalue weighted by molar-refractivity contribution is 6.04. The van der Waals surface area contributed by atoms with Gasteiger partial charge in [0.15, 0.2) is 0 Å². The van der Waals surface area contributed by atoms with Crippen LogP contribution in [0.15, 0.2) is 71.5 Å². The Hall–Kier alpha value is -4.33. The van der Waals surface area contributed by atoms with Gasteiger partial charge in [0.25, 0.3) is 11.8 Å². The molecule has 7 nitrogen and oxygen atoms in total. The highest BCUT2D eigenvalue weighted by Gasteiger charge is 2.16. The molecule has 0 fully saturated rings. The van der Waals surface area contributed by atoms with E-state index in [1.54, 1.807) is 35.7 Å². The van der Waals surface area contributed by atoms with E-state index < -0.39 is 0 Å². The van der Waals surface area contributed by atoms with Gasteiger partial charge in [-0.3, -0.25) is 9.20 Å². The Morgan fingerprint density at radius 3 is 2.69 bits per heavy atom. The number of nitrogens with one attached hydrogen (secondary N) is 1. The van der Waals surface area contributed by atoms with Gasteiger partial charge in [-0.1, -0.05) is 29.4 Å². The number of hydrogen-bond donors (Lipinski definition) is 1. The SMILES string of the molecule is Cc1ccc(-c2noc(-c3ccc(C)c(NC(=O)c4cnc5ccccn45)c3)n2)cc1F. The maximum atomic E-state index is 13.9. The summed E-state index contributed by atoms with van der Waals surface area (Å²) in [5, 5.41) is 6.90. The van der Waals surface area contributed by atoms with Gasteiger partial charge in [0.2, 0.25) is 5.82 Å². The van der Waals surface area contributed by atoms with Gasteiger partial charge < -0.3 is 9.84 Å². The number of carbonyl (C=O) groups is 1. The summed E-state index contributed by atoms with van der Waals surface area (Å²) in [5.41, 5.74) is 4.30. The third-order valence-corrected chi connectivity index (χ3v) is 5.24. The highest BCUT2D eigenvalue weighted by atomic mass is 19.1. The summed E-state index contributed by atoms with van der Waals surface area (Å²) < 4.78 is 21.0. The van der Waals surface area contributed by atoms with Crippen molar-refractivity contribution in [2.45, 2.75) is 13.8 Å². The monoisotopic (exact) mass is 427 g/mol. The summed E-state index contributed by atoms with van der Waals surface area (Å²) in [4.78, 5) is 21.5. The molecule has 0 bridgehead atoms. The number of aromatic nitrogens is 4. The molecule has 1 N–H and O–H groups in total. The number of fused-ring (bicyclic) bond motifs is 1. The molecule has 0 aliphatic heterocycles. The van der Waals surface area contributed by atoms with E-state index in [9.17, 15) is 9.18 Å². The molecule has 32 heavy (non-hydrogen) atoms. The average molecular weight is 427 g/mol. The van der Waals surface area contributed by atoms with E-state index in [2.05, 4.69) is 20.4 Å². The largest absolute Gasteiger partial charge is 0.334 e. The predicted molar refractivity (Wildman–Crippen MR) is 118 cm³/mol.